The van der Waals surface area contributed by atoms with Gasteiger partial charge < -0.3 is 14.7 Å². The number of carbonyl (C=O) groups is 2. The first-order valence-corrected chi connectivity index (χ1v) is 10.3. The molecule has 0 fully saturated rings. The number of rotatable bonds is 8. The van der Waals surface area contributed by atoms with E-state index in [9.17, 15) is 23.1 Å². The number of aldehydes is 1. The van der Waals surface area contributed by atoms with E-state index in [1.165, 1.54) is 50.6 Å². The fourth-order valence-corrected chi connectivity index (χ4v) is 4.22. The van der Waals surface area contributed by atoms with E-state index in [4.69, 9.17) is 4.74 Å². The van der Waals surface area contributed by atoms with Crippen molar-refractivity contribution in [3.05, 3.63) is 58.8 Å². The maximum atomic E-state index is 13.1. The van der Waals surface area contributed by atoms with Crippen molar-refractivity contribution in [1.82, 2.24) is 4.90 Å². The lowest BCUT2D eigenvalue weighted by molar-refractivity contribution is -0.105. The van der Waals surface area contributed by atoms with Crippen LogP contribution in [-0.4, -0.2) is 58.9 Å². The van der Waals surface area contributed by atoms with Crippen LogP contribution in [0.25, 0.3) is 6.08 Å². The maximum Gasteiger partial charge on any atom is 0.337 e. The normalized spacial score (nSPS) is 11.7. The Labute approximate surface area is 176 Å². The Hall–Kier alpha value is -3.33. The zero-order valence-corrected chi connectivity index (χ0v) is 18.2. The Morgan fingerprint density at radius 2 is 1.70 bits per heavy atom. The topological polar surface area (TPSA) is 104 Å². The van der Waals surface area contributed by atoms with Gasteiger partial charge in [0.25, 0.3) is 10.0 Å². The van der Waals surface area contributed by atoms with Crippen molar-refractivity contribution >= 4 is 34.0 Å². The molecule has 0 amide bonds. The van der Waals surface area contributed by atoms with Gasteiger partial charge in [-0.15, -0.1) is 0 Å². The minimum Gasteiger partial charge on any atom is -0.497 e. The van der Waals surface area contributed by atoms with E-state index in [1.54, 1.807) is 32.0 Å². The van der Waals surface area contributed by atoms with Crippen LogP contribution in [0, 0.1) is 6.92 Å². The number of anilines is 1. The molecule has 0 aliphatic heterocycles. The van der Waals surface area contributed by atoms with Gasteiger partial charge in [-0.3, -0.25) is 9.10 Å². The summed E-state index contributed by atoms with van der Waals surface area (Å²) in [6, 6.07) is 8.80. The molecule has 0 spiro atoms. The van der Waals surface area contributed by atoms with Crippen LogP contribution in [0.2, 0.25) is 0 Å². The Morgan fingerprint density at radius 1 is 1.10 bits per heavy atom. The predicted molar refractivity (Wildman–Crippen MR) is 114 cm³/mol. The molecule has 0 unspecified atom stereocenters. The number of hydrogen-bond donors (Lipinski definition) is 1. The van der Waals surface area contributed by atoms with E-state index in [-0.39, 0.29) is 16.1 Å². The van der Waals surface area contributed by atoms with Crippen molar-refractivity contribution < 1.29 is 27.9 Å². The van der Waals surface area contributed by atoms with E-state index in [0.29, 0.717) is 28.9 Å². The van der Waals surface area contributed by atoms with Gasteiger partial charge in [0.15, 0.2) is 6.29 Å². The second-order valence-corrected chi connectivity index (χ2v) is 8.74. The zero-order valence-electron chi connectivity index (χ0n) is 17.4. The fourth-order valence-electron chi connectivity index (χ4n) is 2.94. The third-order valence-corrected chi connectivity index (χ3v) is 6.31. The lowest BCUT2D eigenvalue weighted by Gasteiger charge is -2.24. The molecule has 160 valence electrons. The summed E-state index contributed by atoms with van der Waals surface area (Å²) in [5.41, 5.74) is 1.11. The number of carboxylic acid groups (broad SMARTS) is 1. The number of aryl methyl sites for hydroxylation is 1. The molecule has 0 saturated heterocycles. The molecule has 0 aliphatic carbocycles. The number of carboxylic acids is 1. The molecule has 0 bridgehead atoms. The van der Waals surface area contributed by atoms with Crippen LogP contribution in [0.3, 0.4) is 0 Å². The molecule has 30 heavy (non-hydrogen) atoms. The van der Waals surface area contributed by atoms with Gasteiger partial charge in [0.2, 0.25) is 0 Å². The molecule has 0 saturated carbocycles. The van der Waals surface area contributed by atoms with Gasteiger partial charge in [-0.25, -0.2) is 13.2 Å². The van der Waals surface area contributed by atoms with Gasteiger partial charge in [0.1, 0.15) is 5.75 Å². The zero-order chi connectivity index (χ0) is 22.6. The van der Waals surface area contributed by atoms with Crippen LogP contribution in [-0.2, 0) is 14.8 Å². The van der Waals surface area contributed by atoms with Gasteiger partial charge in [-0.1, -0.05) is 0 Å². The van der Waals surface area contributed by atoms with Crippen LogP contribution in [0.4, 0.5) is 5.69 Å². The molecule has 0 aromatic heterocycles. The van der Waals surface area contributed by atoms with E-state index < -0.39 is 16.0 Å². The first kappa shape index (κ1) is 23.0. The number of sulfonamides is 1. The molecule has 0 radical (unpaired) electrons. The molecule has 0 aliphatic rings. The van der Waals surface area contributed by atoms with Crippen molar-refractivity contribution in [2.45, 2.75) is 11.8 Å². The minimum absolute atomic E-state index is 0.00126. The van der Waals surface area contributed by atoms with Crippen molar-refractivity contribution in [1.29, 1.82) is 0 Å². The average molecular weight is 432 g/mol. The van der Waals surface area contributed by atoms with Gasteiger partial charge in [0, 0.05) is 21.1 Å². The number of likely N-dealkylation sites (N-methyl/N-ethyl adjacent to an activating group) is 1. The number of benzene rings is 2. The highest BCUT2D eigenvalue weighted by atomic mass is 32.2. The second-order valence-electron chi connectivity index (χ2n) is 6.77. The summed E-state index contributed by atoms with van der Waals surface area (Å²) in [5, 5.41) is 9.73. The Balaban J connectivity index is 2.62. The molecule has 2 aromatic rings. The summed E-state index contributed by atoms with van der Waals surface area (Å²) in [5.74, 6) is -0.778. The summed E-state index contributed by atoms with van der Waals surface area (Å²) in [4.78, 5) is 24.8. The van der Waals surface area contributed by atoms with Crippen molar-refractivity contribution in [2.24, 2.45) is 0 Å². The van der Waals surface area contributed by atoms with Gasteiger partial charge in [0.05, 0.1) is 29.0 Å². The highest BCUT2D eigenvalue weighted by Crippen LogP contribution is 2.31. The maximum absolute atomic E-state index is 13.1. The van der Waals surface area contributed by atoms with Crippen molar-refractivity contribution in [2.75, 3.05) is 32.6 Å². The van der Waals surface area contributed by atoms with Crippen LogP contribution in [0.15, 0.2) is 47.0 Å². The number of hydrogen-bond acceptors (Lipinski definition) is 6. The van der Waals surface area contributed by atoms with E-state index in [1.807, 2.05) is 0 Å². The highest BCUT2D eigenvalue weighted by Gasteiger charge is 2.27. The third-order valence-electron chi connectivity index (χ3n) is 4.54. The van der Waals surface area contributed by atoms with E-state index >= 15 is 0 Å². The number of allylic oxidation sites excluding steroid dienone is 1. The fraction of sp³-hybridized carbons (Fsp3) is 0.238. The molecular weight excluding hydrogens is 408 g/mol. The molecule has 8 nitrogen and oxygen atoms in total. The number of aromatic carboxylic acids is 1. The number of methoxy groups -OCH3 is 1. The first-order valence-electron chi connectivity index (χ1n) is 8.88. The number of ether oxygens (including phenoxy) is 1. The minimum atomic E-state index is -4.01. The summed E-state index contributed by atoms with van der Waals surface area (Å²) >= 11 is 0. The van der Waals surface area contributed by atoms with Gasteiger partial charge in [-0.2, -0.15) is 0 Å². The molecule has 9 heteroatoms. The van der Waals surface area contributed by atoms with Crippen LogP contribution in [0.1, 0.15) is 21.5 Å². The second kappa shape index (κ2) is 9.00. The van der Waals surface area contributed by atoms with Crippen LogP contribution in [0.5, 0.6) is 5.75 Å². The SMILES string of the molecule is COc1ccc(S(=O)(=O)N(C)c2c(C)cc(C=C(C=O)N(C)C)cc2C(=O)O)cc1. The van der Waals surface area contributed by atoms with Crippen LogP contribution < -0.4 is 9.04 Å². The summed E-state index contributed by atoms with van der Waals surface area (Å²) in [6.45, 7) is 1.62. The van der Waals surface area contributed by atoms with Gasteiger partial charge >= 0.3 is 5.97 Å². The average Bonchev–Trinajstić information content (AvgIpc) is 2.70. The lowest BCUT2D eigenvalue weighted by atomic mass is 10.0. The summed E-state index contributed by atoms with van der Waals surface area (Å²) in [6.07, 6.45) is 2.19. The Morgan fingerprint density at radius 3 is 2.17 bits per heavy atom. The Bertz CT molecular complexity index is 1090. The summed E-state index contributed by atoms with van der Waals surface area (Å²) in [7, 11) is 2.14. The standard InChI is InChI=1S/C21H24N2O6S/c1-14-10-15(11-16(13-24)22(2)3)12-19(21(25)26)20(14)23(4)30(27,28)18-8-6-17(29-5)7-9-18/h6-13H,1-5H3,(H,25,26). The third kappa shape index (κ3) is 4.62. The Kier molecular flexibility index (Phi) is 6.88. The largest absolute Gasteiger partial charge is 0.497 e. The van der Waals surface area contributed by atoms with E-state index in [2.05, 4.69) is 0 Å². The van der Waals surface area contributed by atoms with Crippen molar-refractivity contribution in [3.8, 4) is 5.75 Å². The number of nitrogens with zero attached hydrogens (tertiary/aromatic N) is 2. The number of carbonyl (C=O) groups excluding carboxylic acids is 1. The van der Waals surface area contributed by atoms with Gasteiger partial charge in [-0.05, 0) is 60.5 Å². The molecular formula is C21H24N2O6S. The summed E-state index contributed by atoms with van der Waals surface area (Å²) < 4.78 is 32.2. The molecule has 1 N–H and O–H groups in total. The highest BCUT2D eigenvalue weighted by molar-refractivity contribution is 7.92. The molecule has 2 aromatic carbocycles. The molecule has 2 rings (SSSR count). The quantitative estimate of drug-likeness (QED) is 0.505. The van der Waals surface area contributed by atoms with Crippen molar-refractivity contribution in [3.63, 3.8) is 0 Å². The molecule has 0 atom stereocenters. The first-order chi connectivity index (χ1) is 14.0. The monoisotopic (exact) mass is 432 g/mol. The van der Waals surface area contributed by atoms with Crippen LogP contribution >= 0.6 is 0 Å². The van der Waals surface area contributed by atoms with E-state index in [0.717, 1.165) is 4.31 Å². The lowest BCUT2D eigenvalue weighted by Crippen LogP contribution is -2.29. The predicted octanol–water partition coefficient (Wildman–Crippen LogP) is 2.63. The smallest absolute Gasteiger partial charge is 0.337 e. The molecule has 0 heterocycles.